The number of aryl methyl sites for hydroxylation is 1. The molecule has 1 aromatic carbocycles. The Kier molecular flexibility index (Phi) is 6.76. The smallest absolute Gasteiger partial charge is 0.235 e. The molecule has 0 unspecified atom stereocenters. The number of halogens is 1. The van der Waals surface area contributed by atoms with Crippen LogP contribution in [0.5, 0.6) is 0 Å². The average molecular weight is 470 g/mol. The Morgan fingerprint density at radius 3 is 2.94 bits per heavy atom. The lowest BCUT2D eigenvalue weighted by Crippen LogP contribution is -2.14. The summed E-state index contributed by atoms with van der Waals surface area (Å²) >= 11 is 9.14. The van der Waals surface area contributed by atoms with Crippen LogP contribution in [0.2, 0.25) is 5.02 Å². The van der Waals surface area contributed by atoms with Gasteiger partial charge in [-0.3, -0.25) is 9.36 Å². The van der Waals surface area contributed by atoms with Gasteiger partial charge >= 0.3 is 0 Å². The van der Waals surface area contributed by atoms with E-state index in [2.05, 4.69) is 28.2 Å². The third-order valence-electron chi connectivity index (χ3n) is 5.01. The van der Waals surface area contributed by atoms with Crippen molar-refractivity contribution < 1.29 is 4.79 Å². The van der Waals surface area contributed by atoms with Crippen LogP contribution in [0.25, 0.3) is 11.4 Å². The molecule has 0 saturated heterocycles. The topological polar surface area (TPSA) is 83.6 Å². The highest BCUT2D eigenvalue weighted by atomic mass is 35.5. The summed E-state index contributed by atoms with van der Waals surface area (Å²) < 4.78 is 1.89. The van der Waals surface area contributed by atoms with Gasteiger partial charge in [-0.1, -0.05) is 41.6 Å². The fourth-order valence-electron chi connectivity index (χ4n) is 3.60. The monoisotopic (exact) mass is 469 g/mol. The molecule has 0 aliphatic heterocycles. The van der Waals surface area contributed by atoms with Gasteiger partial charge in [-0.15, -0.1) is 28.1 Å². The minimum Gasteiger partial charge on any atom is -0.316 e. The molecule has 6 nitrogen and oxygen atoms in total. The number of fused-ring (bicyclic) bond motifs is 1. The molecule has 0 fully saturated rings. The molecule has 1 aliphatic carbocycles. The number of benzene rings is 1. The number of hydrogen-bond donors (Lipinski definition) is 1. The fraction of sp³-hybridized carbons (Fsp3) is 0.273. The number of thioether (sulfide) groups is 1. The van der Waals surface area contributed by atoms with Crippen LogP contribution in [-0.4, -0.2) is 26.4 Å². The van der Waals surface area contributed by atoms with E-state index in [1.807, 2.05) is 22.8 Å². The first kappa shape index (κ1) is 21.6. The molecule has 0 bridgehead atoms. The van der Waals surface area contributed by atoms with Gasteiger partial charge in [0.1, 0.15) is 11.1 Å². The summed E-state index contributed by atoms with van der Waals surface area (Å²) in [6.45, 7) is 4.30. The molecular formula is C22H20ClN5OS2. The molecule has 3 aromatic rings. The van der Waals surface area contributed by atoms with Crippen LogP contribution < -0.4 is 5.32 Å². The zero-order valence-electron chi connectivity index (χ0n) is 16.7. The number of carbonyl (C=O) groups is 1. The fourth-order valence-corrected chi connectivity index (χ4v) is 5.82. The van der Waals surface area contributed by atoms with Crippen LogP contribution >= 0.6 is 34.7 Å². The Hall–Kier alpha value is -2.60. The van der Waals surface area contributed by atoms with Gasteiger partial charge in [-0.25, -0.2) is 0 Å². The van der Waals surface area contributed by atoms with Crippen LogP contribution in [-0.2, 0) is 24.2 Å². The number of thiophene rings is 1. The van der Waals surface area contributed by atoms with Gasteiger partial charge in [0.05, 0.1) is 16.3 Å². The maximum absolute atomic E-state index is 12.6. The van der Waals surface area contributed by atoms with Gasteiger partial charge in [-0.05, 0) is 43.4 Å². The standard InChI is InChI=1S/C22H20ClN5OS2/c1-2-11-28-20(15-8-3-5-9-17(15)23)26-27-22(28)30-13-19(29)25-21-16(12-24)14-7-4-6-10-18(14)31-21/h2-3,5,8-9H,1,4,6-7,10-11,13H2,(H,25,29). The summed E-state index contributed by atoms with van der Waals surface area (Å²) in [6.07, 6.45) is 5.87. The van der Waals surface area contributed by atoms with Crippen LogP contribution in [0.1, 0.15) is 28.8 Å². The molecule has 0 spiro atoms. The van der Waals surface area contributed by atoms with Crippen molar-refractivity contribution in [2.45, 2.75) is 37.4 Å². The molecule has 2 heterocycles. The van der Waals surface area contributed by atoms with Crippen LogP contribution in [0.4, 0.5) is 5.00 Å². The summed E-state index contributed by atoms with van der Waals surface area (Å²) in [4.78, 5) is 13.9. The predicted molar refractivity (Wildman–Crippen MR) is 126 cm³/mol. The molecule has 0 saturated carbocycles. The van der Waals surface area contributed by atoms with E-state index in [-0.39, 0.29) is 11.7 Å². The number of carbonyl (C=O) groups excluding carboxylic acids is 1. The largest absolute Gasteiger partial charge is 0.316 e. The van der Waals surface area contributed by atoms with Gasteiger partial charge in [0.15, 0.2) is 11.0 Å². The quantitative estimate of drug-likeness (QED) is 0.373. The number of nitrogens with one attached hydrogen (secondary N) is 1. The molecule has 4 rings (SSSR count). The Bertz CT molecular complexity index is 1180. The molecule has 158 valence electrons. The number of aromatic nitrogens is 3. The molecular weight excluding hydrogens is 450 g/mol. The minimum absolute atomic E-state index is 0.158. The second-order valence-electron chi connectivity index (χ2n) is 7.05. The van der Waals surface area contributed by atoms with Crippen molar-refractivity contribution in [2.24, 2.45) is 0 Å². The van der Waals surface area contributed by atoms with E-state index in [9.17, 15) is 10.1 Å². The van der Waals surface area contributed by atoms with Gasteiger partial charge in [0.25, 0.3) is 0 Å². The highest BCUT2D eigenvalue weighted by Crippen LogP contribution is 2.37. The zero-order valence-corrected chi connectivity index (χ0v) is 19.1. The van der Waals surface area contributed by atoms with Gasteiger partial charge in [0.2, 0.25) is 5.91 Å². The summed E-state index contributed by atoms with van der Waals surface area (Å²) in [7, 11) is 0. The number of amides is 1. The molecule has 1 aliphatic rings. The number of nitrogens with zero attached hydrogens (tertiary/aromatic N) is 4. The van der Waals surface area contributed by atoms with E-state index in [1.165, 1.54) is 28.0 Å². The normalized spacial score (nSPS) is 12.8. The Morgan fingerprint density at radius 1 is 1.35 bits per heavy atom. The minimum atomic E-state index is -0.174. The third kappa shape index (κ3) is 4.54. The van der Waals surface area contributed by atoms with E-state index in [1.54, 1.807) is 12.1 Å². The highest BCUT2D eigenvalue weighted by molar-refractivity contribution is 7.99. The number of rotatable bonds is 7. The lowest BCUT2D eigenvalue weighted by Gasteiger charge is -2.09. The SMILES string of the molecule is C=CCn1c(SCC(=O)Nc2sc3c(c2C#N)CCCC3)nnc1-c1ccccc1Cl. The first-order chi connectivity index (χ1) is 15.1. The maximum atomic E-state index is 12.6. The van der Waals surface area contributed by atoms with Gasteiger partial charge < -0.3 is 5.32 Å². The van der Waals surface area contributed by atoms with E-state index in [0.29, 0.717) is 33.1 Å². The molecule has 2 aromatic heterocycles. The summed E-state index contributed by atoms with van der Waals surface area (Å²) in [5, 5.41) is 22.9. The van der Waals surface area contributed by atoms with Crippen molar-refractivity contribution in [1.82, 2.24) is 14.8 Å². The van der Waals surface area contributed by atoms with Crippen molar-refractivity contribution in [2.75, 3.05) is 11.1 Å². The zero-order chi connectivity index (χ0) is 21.8. The lowest BCUT2D eigenvalue weighted by molar-refractivity contribution is -0.113. The van der Waals surface area contributed by atoms with Crippen molar-refractivity contribution in [3.05, 3.63) is 57.9 Å². The Balaban J connectivity index is 1.49. The molecule has 9 heteroatoms. The Morgan fingerprint density at radius 2 is 2.16 bits per heavy atom. The predicted octanol–water partition coefficient (Wildman–Crippen LogP) is 5.33. The van der Waals surface area contributed by atoms with Gasteiger partial charge in [0, 0.05) is 17.0 Å². The van der Waals surface area contributed by atoms with Crippen LogP contribution in [0, 0.1) is 11.3 Å². The van der Waals surface area contributed by atoms with E-state index >= 15 is 0 Å². The van der Waals surface area contributed by atoms with Crippen molar-refractivity contribution in [3.63, 3.8) is 0 Å². The van der Waals surface area contributed by atoms with E-state index in [0.717, 1.165) is 36.8 Å². The number of nitriles is 1. The summed E-state index contributed by atoms with van der Waals surface area (Å²) in [5.74, 6) is 0.615. The van der Waals surface area contributed by atoms with Crippen molar-refractivity contribution in [3.8, 4) is 17.5 Å². The van der Waals surface area contributed by atoms with Gasteiger partial charge in [-0.2, -0.15) is 5.26 Å². The highest BCUT2D eigenvalue weighted by Gasteiger charge is 2.22. The van der Waals surface area contributed by atoms with E-state index in [4.69, 9.17) is 11.6 Å². The van der Waals surface area contributed by atoms with Crippen LogP contribution in [0.15, 0.2) is 42.1 Å². The van der Waals surface area contributed by atoms with Crippen LogP contribution in [0.3, 0.4) is 0 Å². The second kappa shape index (κ2) is 9.69. The summed E-state index contributed by atoms with van der Waals surface area (Å²) in [6, 6.07) is 9.71. The Labute approximate surface area is 193 Å². The first-order valence-corrected chi connectivity index (χ1v) is 12.1. The lowest BCUT2D eigenvalue weighted by atomic mass is 9.96. The molecule has 1 N–H and O–H groups in total. The molecule has 1 amide bonds. The number of allylic oxidation sites excluding steroid dienone is 1. The van der Waals surface area contributed by atoms with Crippen molar-refractivity contribution >= 4 is 45.6 Å². The second-order valence-corrected chi connectivity index (χ2v) is 9.50. The molecule has 0 radical (unpaired) electrons. The summed E-state index contributed by atoms with van der Waals surface area (Å²) in [5.41, 5.74) is 2.50. The van der Waals surface area contributed by atoms with Crippen molar-refractivity contribution in [1.29, 1.82) is 5.26 Å². The average Bonchev–Trinajstić information content (AvgIpc) is 3.33. The number of anilines is 1. The molecule has 0 atom stereocenters. The molecule has 31 heavy (non-hydrogen) atoms. The maximum Gasteiger partial charge on any atom is 0.235 e. The number of hydrogen-bond acceptors (Lipinski definition) is 6. The first-order valence-electron chi connectivity index (χ1n) is 9.88. The third-order valence-corrected chi connectivity index (χ3v) is 7.52. The van der Waals surface area contributed by atoms with E-state index < -0.39 is 0 Å².